The van der Waals surface area contributed by atoms with E-state index in [1.165, 1.54) is 0 Å². The average molecular weight is 342 g/mol. The maximum atomic E-state index is 10.9. The molecule has 0 aliphatic rings. The standard InChI is InChI=1S/C14H10BrClO3/c15-11-4-5-13(12(16)7-11)19-8-9-2-1-3-10(6-9)14(17)18/h1-7H,8H2,(H,17,18). The minimum absolute atomic E-state index is 0.239. The van der Waals surface area contributed by atoms with Gasteiger partial charge in [-0.2, -0.15) is 0 Å². The molecule has 2 rings (SSSR count). The first-order valence-electron chi connectivity index (χ1n) is 5.46. The summed E-state index contributed by atoms with van der Waals surface area (Å²) in [5, 5.41) is 9.41. The molecule has 0 aliphatic carbocycles. The van der Waals surface area contributed by atoms with Crippen molar-refractivity contribution in [1.82, 2.24) is 0 Å². The molecule has 0 atom stereocenters. The second kappa shape index (κ2) is 6.08. The first-order valence-corrected chi connectivity index (χ1v) is 6.63. The Hall–Kier alpha value is -1.52. The van der Waals surface area contributed by atoms with Crippen LogP contribution in [0.1, 0.15) is 15.9 Å². The number of benzene rings is 2. The minimum atomic E-state index is -0.955. The molecule has 5 heteroatoms. The molecule has 0 fully saturated rings. The van der Waals surface area contributed by atoms with Gasteiger partial charge in [0, 0.05) is 4.47 Å². The Morgan fingerprint density at radius 1 is 1.26 bits per heavy atom. The average Bonchev–Trinajstić information content (AvgIpc) is 2.38. The monoisotopic (exact) mass is 340 g/mol. The molecule has 19 heavy (non-hydrogen) atoms. The molecule has 0 aliphatic heterocycles. The van der Waals surface area contributed by atoms with E-state index in [1.807, 2.05) is 6.07 Å². The summed E-state index contributed by atoms with van der Waals surface area (Å²) in [7, 11) is 0. The van der Waals surface area contributed by atoms with E-state index in [1.54, 1.807) is 36.4 Å². The van der Waals surface area contributed by atoms with Crippen LogP contribution in [0.4, 0.5) is 0 Å². The van der Waals surface area contributed by atoms with Crippen LogP contribution < -0.4 is 4.74 Å². The second-order valence-electron chi connectivity index (χ2n) is 3.87. The number of hydrogen-bond donors (Lipinski definition) is 1. The smallest absolute Gasteiger partial charge is 0.335 e. The topological polar surface area (TPSA) is 46.5 Å². The number of ether oxygens (including phenoxy) is 1. The molecule has 0 heterocycles. The molecule has 0 saturated carbocycles. The summed E-state index contributed by atoms with van der Waals surface area (Å²) in [5.74, 6) is -0.394. The molecule has 2 aromatic carbocycles. The minimum Gasteiger partial charge on any atom is -0.487 e. The highest BCUT2D eigenvalue weighted by Crippen LogP contribution is 2.28. The highest BCUT2D eigenvalue weighted by molar-refractivity contribution is 9.10. The van der Waals surface area contributed by atoms with E-state index < -0.39 is 5.97 Å². The van der Waals surface area contributed by atoms with E-state index in [4.69, 9.17) is 21.4 Å². The maximum Gasteiger partial charge on any atom is 0.335 e. The molecular weight excluding hydrogens is 332 g/mol. The van der Waals surface area contributed by atoms with Crippen LogP contribution in [0.3, 0.4) is 0 Å². The fraction of sp³-hybridized carbons (Fsp3) is 0.0714. The third-order valence-electron chi connectivity index (χ3n) is 2.46. The van der Waals surface area contributed by atoms with E-state index in [2.05, 4.69) is 15.9 Å². The van der Waals surface area contributed by atoms with Crippen LogP contribution in [0, 0.1) is 0 Å². The van der Waals surface area contributed by atoms with Gasteiger partial charge in [-0.3, -0.25) is 0 Å². The molecule has 0 radical (unpaired) electrons. The van der Waals surface area contributed by atoms with Gasteiger partial charge in [-0.15, -0.1) is 0 Å². The molecule has 0 spiro atoms. The highest BCUT2D eigenvalue weighted by atomic mass is 79.9. The van der Waals surface area contributed by atoms with Crippen LogP contribution in [-0.4, -0.2) is 11.1 Å². The molecule has 2 aromatic rings. The summed E-state index contributed by atoms with van der Waals surface area (Å²) in [6.45, 7) is 0.266. The Balaban J connectivity index is 2.10. The van der Waals surface area contributed by atoms with Crippen molar-refractivity contribution in [3.8, 4) is 5.75 Å². The number of halogens is 2. The number of rotatable bonds is 4. The van der Waals surface area contributed by atoms with Crippen LogP contribution >= 0.6 is 27.5 Å². The van der Waals surface area contributed by atoms with E-state index >= 15 is 0 Å². The molecule has 0 saturated heterocycles. The first-order chi connectivity index (χ1) is 9.06. The lowest BCUT2D eigenvalue weighted by Crippen LogP contribution is -2.00. The Labute approximate surface area is 123 Å². The third kappa shape index (κ3) is 3.72. The molecule has 0 unspecified atom stereocenters. The van der Waals surface area contributed by atoms with Gasteiger partial charge in [-0.05, 0) is 35.9 Å². The Kier molecular flexibility index (Phi) is 4.45. The van der Waals surface area contributed by atoms with Gasteiger partial charge in [-0.1, -0.05) is 39.7 Å². The summed E-state index contributed by atoms with van der Waals surface area (Å²) in [6, 6.07) is 11.9. The Morgan fingerprint density at radius 3 is 2.74 bits per heavy atom. The van der Waals surface area contributed by atoms with Crippen molar-refractivity contribution in [2.45, 2.75) is 6.61 Å². The number of carbonyl (C=O) groups is 1. The van der Waals surface area contributed by atoms with E-state index in [0.29, 0.717) is 10.8 Å². The SMILES string of the molecule is O=C(O)c1cccc(COc2ccc(Br)cc2Cl)c1. The predicted molar refractivity (Wildman–Crippen MR) is 76.9 cm³/mol. The molecule has 98 valence electrons. The lowest BCUT2D eigenvalue weighted by Gasteiger charge is -2.08. The zero-order chi connectivity index (χ0) is 13.8. The predicted octanol–water partition coefficient (Wildman–Crippen LogP) is 4.38. The van der Waals surface area contributed by atoms with Crippen LogP contribution in [-0.2, 0) is 6.61 Å². The maximum absolute atomic E-state index is 10.9. The van der Waals surface area contributed by atoms with Gasteiger partial charge in [-0.25, -0.2) is 4.79 Å². The summed E-state index contributed by atoms with van der Waals surface area (Å²) >= 11 is 9.34. The van der Waals surface area contributed by atoms with E-state index in [-0.39, 0.29) is 12.2 Å². The van der Waals surface area contributed by atoms with E-state index in [0.717, 1.165) is 10.0 Å². The van der Waals surface area contributed by atoms with Crippen LogP contribution in [0.15, 0.2) is 46.9 Å². The van der Waals surface area contributed by atoms with Crippen molar-refractivity contribution in [2.75, 3.05) is 0 Å². The fourth-order valence-electron chi connectivity index (χ4n) is 1.55. The Morgan fingerprint density at radius 2 is 2.05 bits per heavy atom. The molecule has 0 aromatic heterocycles. The summed E-state index contributed by atoms with van der Waals surface area (Å²) in [5.41, 5.74) is 1.02. The van der Waals surface area contributed by atoms with Crippen molar-refractivity contribution in [3.05, 3.63) is 63.1 Å². The third-order valence-corrected chi connectivity index (χ3v) is 3.25. The van der Waals surface area contributed by atoms with Crippen molar-refractivity contribution in [3.63, 3.8) is 0 Å². The molecule has 3 nitrogen and oxygen atoms in total. The molecule has 0 amide bonds. The van der Waals surface area contributed by atoms with Crippen LogP contribution in [0.2, 0.25) is 5.02 Å². The van der Waals surface area contributed by atoms with Gasteiger partial charge >= 0.3 is 5.97 Å². The highest BCUT2D eigenvalue weighted by Gasteiger charge is 2.05. The normalized spacial score (nSPS) is 10.2. The van der Waals surface area contributed by atoms with Gasteiger partial charge < -0.3 is 9.84 Å². The molecular formula is C14H10BrClO3. The van der Waals surface area contributed by atoms with Crippen LogP contribution in [0.5, 0.6) is 5.75 Å². The zero-order valence-electron chi connectivity index (χ0n) is 9.77. The Bertz CT molecular complexity index is 613. The quantitative estimate of drug-likeness (QED) is 0.897. The first kappa shape index (κ1) is 13.9. The van der Waals surface area contributed by atoms with Crippen molar-refractivity contribution < 1.29 is 14.6 Å². The van der Waals surface area contributed by atoms with Crippen LogP contribution in [0.25, 0.3) is 0 Å². The fourth-order valence-corrected chi connectivity index (χ4v) is 2.28. The van der Waals surface area contributed by atoms with Crippen molar-refractivity contribution in [2.24, 2.45) is 0 Å². The van der Waals surface area contributed by atoms with Gasteiger partial charge in [0.1, 0.15) is 12.4 Å². The number of carboxylic acids is 1. The summed E-state index contributed by atoms with van der Waals surface area (Å²) in [6.07, 6.45) is 0. The molecule has 1 N–H and O–H groups in total. The van der Waals surface area contributed by atoms with Gasteiger partial charge in [0.05, 0.1) is 10.6 Å². The summed E-state index contributed by atoms with van der Waals surface area (Å²) in [4.78, 5) is 10.9. The summed E-state index contributed by atoms with van der Waals surface area (Å²) < 4.78 is 6.44. The molecule has 0 bridgehead atoms. The zero-order valence-corrected chi connectivity index (χ0v) is 12.1. The largest absolute Gasteiger partial charge is 0.487 e. The van der Waals surface area contributed by atoms with E-state index in [9.17, 15) is 4.79 Å². The van der Waals surface area contributed by atoms with Gasteiger partial charge in [0.25, 0.3) is 0 Å². The number of hydrogen-bond acceptors (Lipinski definition) is 2. The number of carboxylic acid groups (broad SMARTS) is 1. The van der Waals surface area contributed by atoms with Crippen molar-refractivity contribution >= 4 is 33.5 Å². The lowest BCUT2D eigenvalue weighted by molar-refractivity contribution is 0.0696. The van der Waals surface area contributed by atoms with Crippen molar-refractivity contribution in [1.29, 1.82) is 0 Å². The second-order valence-corrected chi connectivity index (χ2v) is 5.19. The lowest BCUT2D eigenvalue weighted by atomic mass is 10.1. The van der Waals surface area contributed by atoms with Gasteiger partial charge in [0.2, 0.25) is 0 Å². The van der Waals surface area contributed by atoms with Gasteiger partial charge in [0.15, 0.2) is 0 Å². The number of aromatic carboxylic acids is 1.